The van der Waals surface area contributed by atoms with Crippen LogP contribution in [0.2, 0.25) is 5.02 Å². The normalized spacial score (nSPS) is 11.8. The second-order valence-corrected chi connectivity index (χ2v) is 7.50. The van der Waals surface area contributed by atoms with Gasteiger partial charge in [0.25, 0.3) is 0 Å². The first-order chi connectivity index (χ1) is 15.1. The number of nitrogens with zero attached hydrogens (tertiary/aromatic N) is 1. The molecule has 4 nitrogen and oxygen atoms in total. The molecule has 0 aliphatic rings. The van der Waals surface area contributed by atoms with Gasteiger partial charge in [-0.3, -0.25) is 4.79 Å². The minimum absolute atomic E-state index is 0.144. The lowest BCUT2D eigenvalue weighted by atomic mass is 9.98. The van der Waals surface area contributed by atoms with Crippen LogP contribution in [-0.4, -0.2) is 10.9 Å². The van der Waals surface area contributed by atoms with Crippen LogP contribution in [0.3, 0.4) is 0 Å². The standard InChI is InChI=1S/C25H20ClFN2O2/c26-19-12-10-18(11-13-19)25(17-6-2-1-3-7-17)29-23(30)14-15-24-28-16-22(31-24)20-8-4-5-9-21(20)27/h1-13,16,25H,14-15H2,(H,29,30). The van der Waals surface area contributed by atoms with Crippen molar-refractivity contribution in [3.05, 3.63) is 113 Å². The van der Waals surface area contributed by atoms with Crippen molar-refractivity contribution in [2.45, 2.75) is 18.9 Å². The number of halogens is 2. The van der Waals surface area contributed by atoms with Crippen molar-refractivity contribution < 1.29 is 13.6 Å². The first-order valence-electron chi connectivity index (χ1n) is 9.89. The van der Waals surface area contributed by atoms with Crippen molar-refractivity contribution in [2.24, 2.45) is 0 Å². The molecule has 0 bridgehead atoms. The van der Waals surface area contributed by atoms with Crippen molar-refractivity contribution in [3.63, 3.8) is 0 Å². The van der Waals surface area contributed by atoms with E-state index < -0.39 is 0 Å². The highest BCUT2D eigenvalue weighted by molar-refractivity contribution is 6.30. The molecule has 0 fully saturated rings. The first kappa shape index (κ1) is 20.8. The van der Waals surface area contributed by atoms with Crippen molar-refractivity contribution in [1.29, 1.82) is 0 Å². The van der Waals surface area contributed by atoms with E-state index in [1.54, 1.807) is 30.3 Å². The Morgan fingerprint density at radius 2 is 1.65 bits per heavy atom. The highest BCUT2D eigenvalue weighted by Crippen LogP contribution is 2.25. The van der Waals surface area contributed by atoms with Gasteiger partial charge in [-0.2, -0.15) is 0 Å². The van der Waals surface area contributed by atoms with E-state index in [1.807, 2.05) is 42.5 Å². The number of amides is 1. The molecule has 1 atom stereocenters. The third-order valence-electron chi connectivity index (χ3n) is 4.90. The lowest BCUT2D eigenvalue weighted by Gasteiger charge is -2.20. The van der Waals surface area contributed by atoms with Crippen LogP contribution in [0.1, 0.15) is 29.5 Å². The molecule has 6 heteroatoms. The molecule has 0 aliphatic heterocycles. The monoisotopic (exact) mass is 434 g/mol. The van der Waals surface area contributed by atoms with Crippen LogP contribution in [-0.2, 0) is 11.2 Å². The van der Waals surface area contributed by atoms with Crippen LogP contribution in [0.4, 0.5) is 4.39 Å². The summed E-state index contributed by atoms with van der Waals surface area (Å²) < 4.78 is 19.6. The fraction of sp³-hybridized carbons (Fsp3) is 0.120. The molecule has 1 aromatic heterocycles. The highest BCUT2D eigenvalue weighted by atomic mass is 35.5. The van der Waals surface area contributed by atoms with E-state index in [2.05, 4.69) is 10.3 Å². The largest absolute Gasteiger partial charge is 0.441 e. The summed E-state index contributed by atoms with van der Waals surface area (Å²) in [5.74, 6) is 0.207. The predicted octanol–water partition coefficient (Wildman–Crippen LogP) is 5.97. The van der Waals surface area contributed by atoms with Crippen molar-refractivity contribution in [1.82, 2.24) is 10.3 Å². The van der Waals surface area contributed by atoms with Gasteiger partial charge in [0.1, 0.15) is 5.82 Å². The van der Waals surface area contributed by atoms with Gasteiger partial charge in [-0.05, 0) is 35.4 Å². The topological polar surface area (TPSA) is 55.1 Å². The number of carbonyl (C=O) groups excluding carboxylic acids is 1. The van der Waals surface area contributed by atoms with Gasteiger partial charge >= 0.3 is 0 Å². The minimum atomic E-state index is -0.378. The molecular formula is C25H20ClFN2O2. The van der Waals surface area contributed by atoms with Crippen LogP contribution in [0.5, 0.6) is 0 Å². The van der Waals surface area contributed by atoms with E-state index in [1.165, 1.54) is 12.3 Å². The molecule has 0 spiro atoms. The van der Waals surface area contributed by atoms with Crippen molar-refractivity contribution in [3.8, 4) is 11.3 Å². The Balaban J connectivity index is 1.44. The van der Waals surface area contributed by atoms with Crippen LogP contribution in [0.25, 0.3) is 11.3 Å². The van der Waals surface area contributed by atoms with Crippen LogP contribution < -0.4 is 5.32 Å². The van der Waals surface area contributed by atoms with E-state index in [0.29, 0.717) is 28.7 Å². The molecule has 31 heavy (non-hydrogen) atoms. The number of hydrogen-bond acceptors (Lipinski definition) is 3. The van der Waals surface area contributed by atoms with Crippen molar-refractivity contribution >= 4 is 17.5 Å². The predicted molar refractivity (Wildman–Crippen MR) is 118 cm³/mol. The Morgan fingerprint density at radius 3 is 2.39 bits per heavy atom. The number of aryl methyl sites for hydroxylation is 1. The van der Waals surface area contributed by atoms with E-state index in [9.17, 15) is 9.18 Å². The Morgan fingerprint density at radius 1 is 0.968 bits per heavy atom. The smallest absolute Gasteiger partial charge is 0.221 e. The number of rotatable bonds is 7. The number of oxazole rings is 1. The Bertz CT molecular complexity index is 1160. The fourth-order valence-electron chi connectivity index (χ4n) is 3.32. The molecule has 1 amide bonds. The molecule has 0 aliphatic carbocycles. The van der Waals surface area contributed by atoms with Gasteiger partial charge in [-0.25, -0.2) is 9.37 Å². The zero-order chi connectivity index (χ0) is 21.6. The van der Waals surface area contributed by atoms with E-state index in [0.717, 1.165) is 11.1 Å². The van der Waals surface area contributed by atoms with Gasteiger partial charge in [0.15, 0.2) is 11.7 Å². The molecule has 156 valence electrons. The number of aromatic nitrogens is 1. The third kappa shape index (κ3) is 5.19. The maximum atomic E-state index is 13.9. The van der Waals surface area contributed by atoms with Gasteiger partial charge < -0.3 is 9.73 Å². The SMILES string of the molecule is O=C(CCc1ncc(-c2ccccc2F)o1)NC(c1ccccc1)c1ccc(Cl)cc1. The maximum Gasteiger partial charge on any atom is 0.221 e. The summed E-state index contributed by atoms with van der Waals surface area (Å²) in [5.41, 5.74) is 2.25. The maximum absolute atomic E-state index is 13.9. The fourth-order valence-corrected chi connectivity index (χ4v) is 3.45. The molecule has 0 saturated carbocycles. The summed E-state index contributed by atoms with van der Waals surface area (Å²) in [7, 11) is 0. The molecule has 0 saturated heterocycles. The van der Waals surface area contributed by atoms with Gasteiger partial charge in [0.2, 0.25) is 5.91 Å². The molecule has 4 aromatic rings. The third-order valence-corrected chi connectivity index (χ3v) is 5.15. The lowest BCUT2D eigenvalue weighted by molar-refractivity contribution is -0.121. The molecule has 0 radical (unpaired) electrons. The first-order valence-corrected chi connectivity index (χ1v) is 10.3. The van der Waals surface area contributed by atoms with Crippen LogP contribution in [0.15, 0.2) is 89.5 Å². The summed E-state index contributed by atoms with van der Waals surface area (Å²) in [6, 6.07) is 23.2. The Labute approximate surface area is 184 Å². The van der Waals surface area contributed by atoms with Gasteiger partial charge in [-0.15, -0.1) is 0 Å². The minimum Gasteiger partial charge on any atom is -0.441 e. The summed E-state index contributed by atoms with van der Waals surface area (Å²) >= 11 is 6.01. The molecule has 1 unspecified atom stereocenters. The number of nitrogens with one attached hydrogen (secondary N) is 1. The summed E-state index contributed by atoms with van der Waals surface area (Å²) in [5, 5.41) is 3.71. The quantitative estimate of drug-likeness (QED) is 0.389. The zero-order valence-corrected chi connectivity index (χ0v) is 17.4. The average Bonchev–Trinajstić information content (AvgIpc) is 3.26. The lowest BCUT2D eigenvalue weighted by Crippen LogP contribution is -2.29. The van der Waals surface area contributed by atoms with Gasteiger partial charge in [0, 0.05) is 17.9 Å². The molecular weight excluding hydrogens is 415 g/mol. The van der Waals surface area contributed by atoms with E-state index in [-0.39, 0.29) is 24.2 Å². The molecule has 3 aromatic carbocycles. The summed E-state index contributed by atoms with van der Waals surface area (Å²) in [6.45, 7) is 0. The highest BCUT2D eigenvalue weighted by Gasteiger charge is 2.18. The van der Waals surface area contributed by atoms with Crippen LogP contribution >= 0.6 is 11.6 Å². The van der Waals surface area contributed by atoms with Gasteiger partial charge in [-0.1, -0.05) is 66.2 Å². The second kappa shape index (κ2) is 9.58. The number of hydrogen-bond donors (Lipinski definition) is 1. The summed E-state index contributed by atoms with van der Waals surface area (Å²) in [6.07, 6.45) is 1.97. The van der Waals surface area contributed by atoms with Crippen molar-refractivity contribution in [2.75, 3.05) is 0 Å². The molecule has 1 heterocycles. The van der Waals surface area contributed by atoms with E-state index in [4.69, 9.17) is 16.0 Å². The zero-order valence-electron chi connectivity index (χ0n) is 16.6. The number of benzene rings is 3. The Kier molecular flexibility index (Phi) is 6.43. The molecule has 4 rings (SSSR count). The second-order valence-electron chi connectivity index (χ2n) is 7.06. The average molecular weight is 435 g/mol. The molecule has 1 N–H and O–H groups in total. The van der Waals surface area contributed by atoms with E-state index >= 15 is 0 Å². The Hall–Kier alpha value is -3.44. The van der Waals surface area contributed by atoms with Gasteiger partial charge in [0.05, 0.1) is 17.8 Å². The summed E-state index contributed by atoms with van der Waals surface area (Å²) in [4.78, 5) is 16.9. The van der Waals surface area contributed by atoms with Crippen LogP contribution in [0, 0.1) is 5.82 Å². The number of carbonyl (C=O) groups is 1.